The van der Waals surface area contributed by atoms with Crippen molar-refractivity contribution in [2.75, 3.05) is 20.2 Å². The fraction of sp³-hybridized carbons (Fsp3) is 0.556. The van der Waals surface area contributed by atoms with Gasteiger partial charge >= 0.3 is 12.0 Å². The van der Waals surface area contributed by atoms with Crippen molar-refractivity contribution in [3.05, 3.63) is 32.2 Å². The summed E-state index contributed by atoms with van der Waals surface area (Å²) in [7, 11) is 1.36. The Balaban J connectivity index is 3.38. The van der Waals surface area contributed by atoms with Gasteiger partial charge < -0.3 is 15.0 Å². The average molecular weight is 280 g/mol. The van der Waals surface area contributed by atoms with E-state index in [9.17, 15) is 9.59 Å². The van der Waals surface area contributed by atoms with Crippen LogP contribution in [-0.2, 0) is 9.53 Å². The lowest BCUT2D eigenvalue weighted by Gasteiger charge is -2.30. The van der Waals surface area contributed by atoms with Crippen molar-refractivity contribution >= 4 is 12.0 Å². The fourth-order valence-electron chi connectivity index (χ4n) is 1.64. The molecule has 2 amide bonds. The van der Waals surface area contributed by atoms with Crippen molar-refractivity contribution < 1.29 is 14.3 Å². The maximum atomic E-state index is 11.8. The molecule has 0 aliphatic carbocycles. The van der Waals surface area contributed by atoms with Gasteiger partial charge in [0.15, 0.2) is 6.17 Å². The summed E-state index contributed by atoms with van der Waals surface area (Å²) in [5.41, 5.74) is 17.1. The molecule has 1 aliphatic rings. The monoisotopic (exact) mass is 280 g/mol. The molecule has 11 heteroatoms. The van der Waals surface area contributed by atoms with Crippen LogP contribution >= 0.6 is 0 Å². The standard InChI is InChI=1S/C9H12N8O3/c1-3-20-8(18)5-4-12-9(19)17(2)6(5)7(13-15-10)14-16-11/h7H,3-4H2,1-2H3,(H,12,19). The lowest BCUT2D eigenvalue weighted by Crippen LogP contribution is -2.47. The molecule has 1 N–H and O–H groups in total. The molecule has 0 unspecified atom stereocenters. The molecule has 20 heavy (non-hydrogen) atoms. The summed E-state index contributed by atoms with van der Waals surface area (Å²) >= 11 is 0. The molecule has 11 nitrogen and oxygen atoms in total. The number of hydrogen-bond donors (Lipinski definition) is 1. The Bertz CT molecular complexity index is 525. The number of carbonyl (C=O) groups is 2. The average Bonchev–Trinajstić information content (AvgIpc) is 2.41. The van der Waals surface area contributed by atoms with E-state index in [2.05, 4.69) is 25.4 Å². The zero-order valence-corrected chi connectivity index (χ0v) is 10.8. The third-order valence-corrected chi connectivity index (χ3v) is 2.48. The van der Waals surface area contributed by atoms with Gasteiger partial charge in [-0.25, -0.2) is 9.59 Å². The first-order valence-electron chi connectivity index (χ1n) is 5.56. The molecule has 0 saturated heterocycles. The summed E-state index contributed by atoms with van der Waals surface area (Å²) in [6.07, 6.45) is -1.35. The third-order valence-electron chi connectivity index (χ3n) is 2.48. The van der Waals surface area contributed by atoms with Crippen molar-refractivity contribution in [2.45, 2.75) is 13.1 Å². The minimum atomic E-state index is -1.35. The number of urea groups is 1. The number of esters is 1. The number of carbonyl (C=O) groups excluding carboxylic acids is 2. The van der Waals surface area contributed by atoms with E-state index in [0.29, 0.717) is 0 Å². The lowest BCUT2D eigenvalue weighted by molar-refractivity contribution is -0.138. The number of likely N-dealkylation sites (N-methyl/N-ethyl adjacent to an activating group) is 1. The van der Waals surface area contributed by atoms with Gasteiger partial charge in [0.1, 0.15) is 0 Å². The molecule has 0 saturated carbocycles. The van der Waals surface area contributed by atoms with Crippen LogP contribution in [0, 0.1) is 0 Å². The molecule has 0 fully saturated rings. The summed E-state index contributed by atoms with van der Waals surface area (Å²) < 4.78 is 4.86. The Morgan fingerprint density at radius 2 is 2.10 bits per heavy atom. The number of ether oxygens (including phenoxy) is 1. The number of hydrogen-bond acceptors (Lipinski definition) is 5. The predicted molar refractivity (Wildman–Crippen MR) is 66.9 cm³/mol. The molecule has 1 rings (SSSR count). The smallest absolute Gasteiger partial charge is 0.337 e. The highest BCUT2D eigenvalue weighted by Crippen LogP contribution is 2.22. The van der Waals surface area contributed by atoms with E-state index < -0.39 is 18.2 Å². The lowest BCUT2D eigenvalue weighted by atomic mass is 10.1. The Labute approximate surface area is 113 Å². The maximum absolute atomic E-state index is 11.8. The van der Waals surface area contributed by atoms with Gasteiger partial charge in [-0.15, -0.1) is 0 Å². The van der Waals surface area contributed by atoms with Crippen LogP contribution < -0.4 is 5.32 Å². The first-order chi connectivity index (χ1) is 9.56. The van der Waals surface area contributed by atoms with Crippen LogP contribution in [0.5, 0.6) is 0 Å². The van der Waals surface area contributed by atoms with Gasteiger partial charge in [0, 0.05) is 22.6 Å². The maximum Gasteiger partial charge on any atom is 0.337 e. The van der Waals surface area contributed by atoms with Gasteiger partial charge in [-0.1, -0.05) is 10.2 Å². The van der Waals surface area contributed by atoms with Crippen LogP contribution in [0.15, 0.2) is 21.5 Å². The topological polar surface area (TPSA) is 156 Å². The van der Waals surface area contributed by atoms with Gasteiger partial charge in [-0.05, 0) is 18.0 Å². The fourth-order valence-corrected chi connectivity index (χ4v) is 1.64. The van der Waals surface area contributed by atoms with Crippen LogP contribution in [0.4, 0.5) is 4.79 Å². The van der Waals surface area contributed by atoms with Crippen molar-refractivity contribution in [1.29, 1.82) is 0 Å². The molecule has 0 aromatic heterocycles. The van der Waals surface area contributed by atoms with Crippen LogP contribution in [-0.4, -0.2) is 43.3 Å². The molecule has 0 spiro atoms. The molecule has 1 heterocycles. The second-order valence-corrected chi connectivity index (χ2v) is 3.59. The Hall–Kier alpha value is -2.90. The highest BCUT2D eigenvalue weighted by atomic mass is 16.5. The van der Waals surface area contributed by atoms with Crippen molar-refractivity contribution in [3.8, 4) is 0 Å². The van der Waals surface area contributed by atoms with Crippen LogP contribution in [0.2, 0.25) is 0 Å². The molecule has 0 aromatic carbocycles. The van der Waals surface area contributed by atoms with Crippen molar-refractivity contribution in [1.82, 2.24) is 10.2 Å². The van der Waals surface area contributed by atoms with E-state index in [0.717, 1.165) is 4.90 Å². The Morgan fingerprint density at radius 3 is 2.60 bits per heavy atom. The molecule has 1 aliphatic heterocycles. The summed E-state index contributed by atoms with van der Waals surface area (Å²) in [6, 6.07) is -0.515. The van der Waals surface area contributed by atoms with Gasteiger partial charge in [0.05, 0.1) is 18.7 Å². The third kappa shape index (κ3) is 3.10. The number of amides is 2. The SMILES string of the molecule is CCOC(=O)C1=C(C(N=[N+]=[N-])N=[N+]=[N-])N(C)C(=O)NC1. The Morgan fingerprint density at radius 1 is 1.50 bits per heavy atom. The highest BCUT2D eigenvalue weighted by molar-refractivity contribution is 5.93. The molecular formula is C9H12N8O3. The highest BCUT2D eigenvalue weighted by Gasteiger charge is 2.32. The minimum absolute atomic E-state index is 0.00259. The van der Waals surface area contributed by atoms with E-state index in [1.807, 2.05) is 0 Å². The number of nitrogens with one attached hydrogen (secondary N) is 1. The molecule has 0 radical (unpaired) electrons. The molecule has 0 atom stereocenters. The van der Waals surface area contributed by atoms with E-state index in [-0.39, 0.29) is 24.4 Å². The van der Waals surface area contributed by atoms with Gasteiger partial charge in [0.2, 0.25) is 0 Å². The van der Waals surface area contributed by atoms with Gasteiger partial charge in [-0.2, -0.15) is 0 Å². The van der Waals surface area contributed by atoms with Crippen LogP contribution in [0.1, 0.15) is 6.92 Å². The second-order valence-electron chi connectivity index (χ2n) is 3.59. The minimum Gasteiger partial charge on any atom is -0.463 e. The summed E-state index contributed by atoms with van der Waals surface area (Å²) in [5, 5.41) is 9.02. The normalized spacial score (nSPS) is 15.7. The zero-order valence-electron chi connectivity index (χ0n) is 10.8. The largest absolute Gasteiger partial charge is 0.463 e. The van der Waals surface area contributed by atoms with Crippen LogP contribution in [0.3, 0.4) is 0 Å². The quantitative estimate of drug-likeness (QED) is 0.350. The molecular weight excluding hydrogens is 268 g/mol. The molecule has 106 valence electrons. The molecule has 0 bridgehead atoms. The first-order valence-corrected chi connectivity index (χ1v) is 5.56. The van der Waals surface area contributed by atoms with E-state index in [1.165, 1.54) is 7.05 Å². The summed E-state index contributed by atoms with van der Waals surface area (Å²) in [5.74, 6) is -0.680. The van der Waals surface area contributed by atoms with Gasteiger partial charge in [0.25, 0.3) is 0 Å². The molecule has 0 aromatic rings. The predicted octanol–water partition coefficient (Wildman–Crippen LogP) is 1.41. The first kappa shape index (κ1) is 15.2. The van der Waals surface area contributed by atoms with E-state index >= 15 is 0 Å². The summed E-state index contributed by atoms with van der Waals surface area (Å²) in [6.45, 7) is 1.66. The zero-order chi connectivity index (χ0) is 15.1. The van der Waals surface area contributed by atoms with Crippen LogP contribution in [0.25, 0.3) is 20.9 Å². The number of nitrogens with zero attached hydrogens (tertiary/aromatic N) is 7. The van der Waals surface area contributed by atoms with Crippen molar-refractivity contribution in [2.24, 2.45) is 10.2 Å². The van der Waals surface area contributed by atoms with Gasteiger partial charge in [-0.3, -0.25) is 0 Å². The summed E-state index contributed by atoms with van der Waals surface area (Å²) in [4.78, 5) is 29.6. The Kier molecular flexibility index (Phi) is 5.21. The number of azide groups is 1. The van der Waals surface area contributed by atoms with E-state index in [4.69, 9.17) is 15.8 Å². The number of rotatable bonds is 5. The second kappa shape index (κ2) is 6.88. The van der Waals surface area contributed by atoms with E-state index in [1.54, 1.807) is 6.92 Å². The van der Waals surface area contributed by atoms with Crippen molar-refractivity contribution in [3.63, 3.8) is 0 Å².